The summed E-state index contributed by atoms with van der Waals surface area (Å²) in [5.74, 6) is 0. The molecule has 1 nitrogen and oxygen atoms in total. The van der Waals surface area contributed by atoms with Gasteiger partial charge in [0.05, 0.1) is 12.2 Å². The predicted molar refractivity (Wildman–Crippen MR) is 89.1 cm³/mol. The van der Waals surface area contributed by atoms with E-state index in [4.69, 9.17) is 4.74 Å². The van der Waals surface area contributed by atoms with E-state index in [9.17, 15) is 0 Å². The number of unbranched alkanes of at least 4 members (excludes halogenated alkanes) is 5. The lowest BCUT2D eigenvalue weighted by Crippen LogP contribution is -2.03. The fourth-order valence-electron chi connectivity index (χ4n) is 2.69. The average molecular weight is 280 g/mol. The second kappa shape index (κ2) is 9.60. The molecule has 0 saturated carbocycles. The SMILES string of the molecule is CCC/C=C\CC1OC1CCCCCCCC(C)(C)C. The van der Waals surface area contributed by atoms with Crippen molar-refractivity contribution < 1.29 is 4.74 Å². The topological polar surface area (TPSA) is 12.5 Å². The van der Waals surface area contributed by atoms with Crippen LogP contribution in [-0.4, -0.2) is 12.2 Å². The Morgan fingerprint density at radius 1 is 0.900 bits per heavy atom. The first-order valence-electron chi connectivity index (χ1n) is 8.83. The fraction of sp³-hybridized carbons (Fsp3) is 0.895. The lowest BCUT2D eigenvalue weighted by molar-refractivity contribution is 0.350. The van der Waals surface area contributed by atoms with Crippen molar-refractivity contribution in [1.29, 1.82) is 0 Å². The van der Waals surface area contributed by atoms with Gasteiger partial charge in [-0.3, -0.25) is 0 Å². The summed E-state index contributed by atoms with van der Waals surface area (Å²) in [6.07, 6.45) is 18.9. The van der Waals surface area contributed by atoms with Crippen molar-refractivity contribution in [1.82, 2.24) is 0 Å². The second-order valence-electron chi connectivity index (χ2n) is 7.58. The van der Waals surface area contributed by atoms with Crippen LogP contribution >= 0.6 is 0 Å². The van der Waals surface area contributed by atoms with Crippen LogP contribution < -0.4 is 0 Å². The highest BCUT2D eigenvalue weighted by molar-refractivity contribution is 4.93. The Kier molecular flexibility index (Phi) is 8.52. The number of hydrogen-bond donors (Lipinski definition) is 0. The van der Waals surface area contributed by atoms with E-state index in [0.29, 0.717) is 17.6 Å². The molecular formula is C19H36O. The molecule has 20 heavy (non-hydrogen) atoms. The standard InChI is InChI=1S/C19H36O/c1-5-6-7-11-14-17-18(20-17)15-12-9-8-10-13-16-19(2,3)4/h7,11,17-18H,5-6,8-10,12-16H2,1-4H3/b11-7-. The molecular weight excluding hydrogens is 244 g/mol. The molecule has 2 unspecified atom stereocenters. The molecule has 0 spiro atoms. The molecule has 1 aliphatic heterocycles. The van der Waals surface area contributed by atoms with Gasteiger partial charge in [0.25, 0.3) is 0 Å². The van der Waals surface area contributed by atoms with Crippen LogP contribution in [0.5, 0.6) is 0 Å². The highest BCUT2D eigenvalue weighted by Gasteiger charge is 2.36. The van der Waals surface area contributed by atoms with Crippen LogP contribution in [0, 0.1) is 5.41 Å². The van der Waals surface area contributed by atoms with Crippen molar-refractivity contribution >= 4 is 0 Å². The lowest BCUT2D eigenvalue weighted by atomic mass is 9.89. The van der Waals surface area contributed by atoms with Crippen LogP contribution in [0.2, 0.25) is 0 Å². The highest BCUT2D eigenvalue weighted by atomic mass is 16.6. The minimum atomic E-state index is 0.514. The van der Waals surface area contributed by atoms with Crippen molar-refractivity contribution in [2.75, 3.05) is 0 Å². The minimum absolute atomic E-state index is 0.514. The van der Waals surface area contributed by atoms with Gasteiger partial charge in [0.2, 0.25) is 0 Å². The van der Waals surface area contributed by atoms with E-state index in [1.54, 1.807) is 0 Å². The molecule has 1 heterocycles. The predicted octanol–water partition coefficient (Wildman–Crippen LogP) is 6.28. The van der Waals surface area contributed by atoms with Crippen LogP contribution in [-0.2, 0) is 4.74 Å². The van der Waals surface area contributed by atoms with Crippen LogP contribution in [0.3, 0.4) is 0 Å². The summed E-state index contributed by atoms with van der Waals surface area (Å²) in [5, 5.41) is 0. The third-order valence-electron chi connectivity index (χ3n) is 4.09. The molecule has 1 fully saturated rings. The van der Waals surface area contributed by atoms with Crippen LogP contribution in [0.15, 0.2) is 12.2 Å². The van der Waals surface area contributed by atoms with E-state index in [-0.39, 0.29) is 0 Å². The Balaban J connectivity index is 1.84. The highest BCUT2D eigenvalue weighted by Crippen LogP contribution is 2.30. The maximum Gasteiger partial charge on any atom is 0.0876 e. The second-order valence-corrected chi connectivity index (χ2v) is 7.58. The molecule has 2 atom stereocenters. The molecule has 1 heteroatoms. The number of ether oxygens (including phenoxy) is 1. The molecule has 0 aromatic heterocycles. The Bertz CT molecular complexity index is 261. The number of allylic oxidation sites excluding steroid dienone is 1. The number of epoxide rings is 1. The van der Waals surface area contributed by atoms with Crippen molar-refractivity contribution in [2.45, 2.75) is 104 Å². The lowest BCUT2D eigenvalue weighted by Gasteiger charge is -2.17. The van der Waals surface area contributed by atoms with Gasteiger partial charge in [-0.2, -0.15) is 0 Å². The fourth-order valence-corrected chi connectivity index (χ4v) is 2.69. The zero-order valence-corrected chi connectivity index (χ0v) is 14.3. The first-order valence-corrected chi connectivity index (χ1v) is 8.83. The van der Waals surface area contributed by atoms with Crippen LogP contribution in [0.4, 0.5) is 0 Å². The van der Waals surface area contributed by atoms with Crippen molar-refractivity contribution in [3.05, 3.63) is 12.2 Å². The summed E-state index contributed by atoms with van der Waals surface area (Å²) >= 11 is 0. The molecule has 0 amide bonds. The molecule has 0 bridgehead atoms. The van der Waals surface area contributed by atoms with Gasteiger partial charge in [0, 0.05) is 0 Å². The van der Waals surface area contributed by atoms with Crippen molar-refractivity contribution in [3.8, 4) is 0 Å². The molecule has 1 saturated heterocycles. The van der Waals surface area contributed by atoms with Gasteiger partial charge in [-0.15, -0.1) is 0 Å². The monoisotopic (exact) mass is 280 g/mol. The quantitative estimate of drug-likeness (QED) is 0.246. The first kappa shape index (κ1) is 17.8. The summed E-state index contributed by atoms with van der Waals surface area (Å²) in [5.41, 5.74) is 0.514. The molecule has 0 N–H and O–H groups in total. The largest absolute Gasteiger partial charge is 0.369 e. The molecule has 0 aromatic rings. The maximum atomic E-state index is 5.72. The molecule has 118 valence electrons. The van der Waals surface area contributed by atoms with E-state index < -0.39 is 0 Å². The molecule has 1 rings (SSSR count). The van der Waals surface area contributed by atoms with Gasteiger partial charge in [-0.05, 0) is 31.1 Å². The van der Waals surface area contributed by atoms with Crippen LogP contribution in [0.25, 0.3) is 0 Å². The Morgan fingerprint density at radius 2 is 1.60 bits per heavy atom. The molecule has 0 radical (unpaired) electrons. The summed E-state index contributed by atoms with van der Waals surface area (Å²) < 4.78 is 5.72. The van der Waals surface area contributed by atoms with Gasteiger partial charge >= 0.3 is 0 Å². The maximum absolute atomic E-state index is 5.72. The Hall–Kier alpha value is -0.300. The normalized spacial score (nSPS) is 22.6. The summed E-state index contributed by atoms with van der Waals surface area (Å²) in [4.78, 5) is 0. The summed E-state index contributed by atoms with van der Waals surface area (Å²) in [6, 6.07) is 0. The van der Waals surface area contributed by atoms with E-state index in [1.165, 1.54) is 57.8 Å². The molecule has 0 aromatic carbocycles. The Labute approximate surface area is 127 Å². The van der Waals surface area contributed by atoms with Crippen LogP contribution in [0.1, 0.15) is 91.9 Å². The first-order chi connectivity index (χ1) is 9.53. The summed E-state index contributed by atoms with van der Waals surface area (Å²) in [7, 11) is 0. The average Bonchev–Trinajstić information content (AvgIpc) is 3.11. The zero-order chi connectivity index (χ0) is 14.8. The summed E-state index contributed by atoms with van der Waals surface area (Å²) in [6.45, 7) is 9.24. The number of rotatable bonds is 11. The Morgan fingerprint density at radius 3 is 2.30 bits per heavy atom. The van der Waals surface area contributed by atoms with Gasteiger partial charge in [0.15, 0.2) is 0 Å². The minimum Gasteiger partial charge on any atom is -0.369 e. The number of hydrogen-bond acceptors (Lipinski definition) is 1. The van der Waals surface area contributed by atoms with E-state index in [2.05, 4.69) is 39.8 Å². The smallest absolute Gasteiger partial charge is 0.0876 e. The van der Waals surface area contributed by atoms with Gasteiger partial charge in [-0.1, -0.05) is 78.4 Å². The van der Waals surface area contributed by atoms with E-state index in [1.807, 2.05) is 0 Å². The molecule has 0 aliphatic carbocycles. The van der Waals surface area contributed by atoms with E-state index in [0.717, 1.165) is 6.42 Å². The van der Waals surface area contributed by atoms with Gasteiger partial charge in [0.1, 0.15) is 0 Å². The third kappa shape index (κ3) is 9.58. The van der Waals surface area contributed by atoms with Crippen molar-refractivity contribution in [2.24, 2.45) is 5.41 Å². The molecule has 1 aliphatic rings. The van der Waals surface area contributed by atoms with Gasteiger partial charge in [-0.25, -0.2) is 0 Å². The van der Waals surface area contributed by atoms with Gasteiger partial charge < -0.3 is 4.74 Å². The van der Waals surface area contributed by atoms with E-state index >= 15 is 0 Å². The van der Waals surface area contributed by atoms with Crippen molar-refractivity contribution in [3.63, 3.8) is 0 Å². The third-order valence-corrected chi connectivity index (χ3v) is 4.09. The zero-order valence-electron chi connectivity index (χ0n) is 14.3.